The number of nitrogens with zero attached hydrogens (tertiary/aromatic N) is 1. The van der Waals surface area contributed by atoms with Crippen LogP contribution in [0.4, 0.5) is 0 Å². The van der Waals surface area contributed by atoms with Crippen LogP contribution in [0.5, 0.6) is 0 Å². The first kappa shape index (κ1) is 13.8. The van der Waals surface area contributed by atoms with E-state index in [0.29, 0.717) is 17.2 Å². The van der Waals surface area contributed by atoms with Gasteiger partial charge in [0.2, 0.25) is 0 Å². The molecule has 2 atom stereocenters. The summed E-state index contributed by atoms with van der Waals surface area (Å²) in [5.41, 5.74) is 2.03. The zero-order chi connectivity index (χ0) is 15.2. The molecule has 2 aromatic rings. The Morgan fingerprint density at radius 3 is 3.09 bits per heavy atom. The number of carbonyl (C=O) groups is 1. The number of hydrogen-bond acceptors (Lipinski definition) is 4. The number of piperidine rings is 1. The molecule has 1 amide bonds. The molecule has 1 spiro atoms. The zero-order valence-corrected chi connectivity index (χ0v) is 12.8. The molecule has 1 saturated carbocycles. The summed E-state index contributed by atoms with van der Waals surface area (Å²) in [5.74, 6) is 0.465. The summed E-state index contributed by atoms with van der Waals surface area (Å²) in [6, 6.07) is 5.53. The van der Waals surface area contributed by atoms with Gasteiger partial charge in [-0.1, -0.05) is 13.3 Å². The summed E-state index contributed by atoms with van der Waals surface area (Å²) in [4.78, 5) is 17.0. The minimum absolute atomic E-state index is 0.0819. The molecule has 0 bridgehead atoms. The molecule has 0 aromatic carbocycles. The molecule has 2 N–H and O–H groups in total. The van der Waals surface area contributed by atoms with Gasteiger partial charge in [-0.2, -0.15) is 0 Å². The Balaban J connectivity index is 1.57. The molecule has 1 saturated heterocycles. The van der Waals surface area contributed by atoms with Crippen molar-refractivity contribution in [2.45, 2.75) is 44.2 Å². The molecule has 3 heterocycles. The Kier molecular flexibility index (Phi) is 3.18. The molecule has 2 fully saturated rings. The van der Waals surface area contributed by atoms with Crippen LogP contribution in [-0.4, -0.2) is 29.0 Å². The van der Waals surface area contributed by atoms with E-state index in [-0.39, 0.29) is 17.5 Å². The Morgan fingerprint density at radius 2 is 2.32 bits per heavy atom. The van der Waals surface area contributed by atoms with Crippen LogP contribution >= 0.6 is 0 Å². The average molecular weight is 299 g/mol. The maximum Gasteiger partial charge on any atom is 0.270 e. The largest absolute Gasteiger partial charge is 0.463 e. The lowest BCUT2D eigenvalue weighted by atomic mass is 9.83. The number of amides is 1. The smallest absolute Gasteiger partial charge is 0.270 e. The first-order valence-electron chi connectivity index (χ1n) is 8.12. The highest BCUT2D eigenvalue weighted by atomic mass is 16.3. The summed E-state index contributed by atoms with van der Waals surface area (Å²) in [5, 5.41) is 6.87. The fraction of sp³-hybridized carbons (Fsp3) is 0.529. The molecule has 2 aliphatic rings. The second-order valence-corrected chi connectivity index (χ2v) is 6.49. The van der Waals surface area contributed by atoms with Crippen molar-refractivity contribution in [3.8, 4) is 0 Å². The second kappa shape index (κ2) is 5.09. The van der Waals surface area contributed by atoms with Gasteiger partial charge in [-0.25, -0.2) is 4.98 Å². The molecule has 116 valence electrons. The minimum Gasteiger partial charge on any atom is -0.463 e. The van der Waals surface area contributed by atoms with E-state index in [1.165, 1.54) is 0 Å². The van der Waals surface area contributed by atoms with Crippen molar-refractivity contribution in [1.82, 2.24) is 15.6 Å². The van der Waals surface area contributed by atoms with Crippen molar-refractivity contribution < 1.29 is 9.21 Å². The van der Waals surface area contributed by atoms with Crippen LogP contribution in [0.3, 0.4) is 0 Å². The number of fused-ring (bicyclic) bond motifs is 1. The Morgan fingerprint density at radius 1 is 1.45 bits per heavy atom. The lowest BCUT2D eigenvalue weighted by Crippen LogP contribution is -2.59. The predicted molar refractivity (Wildman–Crippen MR) is 83.6 cm³/mol. The summed E-state index contributed by atoms with van der Waals surface area (Å²) in [7, 11) is 0. The van der Waals surface area contributed by atoms with Gasteiger partial charge in [-0.3, -0.25) is 4.79 Å². The van der Waals surface area contributed by atoms with Gasteiger partial charge >= 0.3 is 0 Å². The van der Waals surface area contributed by atoms with Crippen LogP contribution in [0.2, 0.25) is 0 Å². The van der Waals surface area contributed by atoms with E-state index in [1.54, 1.807) is 24.5 Å². The lowest BCUT2D eigenvalue weighted by molar-refractivity contribution is 0.0870. The number of pyridine rings is 1. The predicted octanol–water partition coefficient (Wildman–Crippen LogP) is 2.48. The van der Waals surface area contributed by atoms with Crippen molar-refractivity contribution in [1.29, 1.82) is 0 Å². The lowest BCUT2D eigenvalue weighted by Gasteiger charge is -2.39. The first-order valence-corrected chi connectivity index (χ1v) is 8.12. The molecule has 2 unspecified atom stereocenters. The van der Waals surface area contributed by atoms with Gasteiger partial charge in [0.15, 0.2) is 5.58 Å². The SMILES string of the molecule is CCC1CCNC2(CC2)C1NC(=O)c1ccc2occc2n1. The number of furan rings is 1. The Hall–Kier alpha value is -1.88. The van der Waals surface area contributed by atoms with Crippen molar-refractivity contribution in [3.05, 3.63) is 30.2 Å². The van der Waals surface area contributed by atoms with Gasteiger partial charge in [0.1, 0.15) is 11.2 Å². The third-order valence-corrected chi connectivity index (χ3v) is 5.20. The first-order chi connectivity index (χ1) is 10.7. The van der Waals surface area contributed by atoms with E-state index in [0.717, 1.165) is 37.7 Å². The van der Waals surface area contributed by atoms with Gasteiger partial charge < -0.3 is 15.1 Å². The molecule has 0 radical (unpaired) electrons. The summed E-state index contributed by atoms with van der Waals surface area (Å²) >= 11 is 0. The van der Waals surface area contributed by atoms with Crippen molar-refractivity contribution in [2.24, 2.45) is 5.92 Å². The van der Waals surface area contributed by atoms with E-state index >= 15 is 0 Å². The maximum absolute atomic E-state index is 12.6. The van der Waals surface area contributed by atoms with Crippen LogP contribution in [0.15, 0.2) is 28.9 Å². The fourth-order valence-corrected chi connectivity index (χ4v) is 3.75. The van der Waals surface area contributed by atoms with E-state index in [9.17, 15) is 4.79 Å². The molecule has 1 aliphatic carbocycles. The number of carbonyl (C=O) groups excluding carboxylic acids is 1. The molecule has 2 aromatic heterocycles. The molecule has 1 aliphatic heterocycles. The topological polar surface area (TPSA) is 67.2 Å². The molecule has 5 heteroatoms. The summed E-state index contributed by atoms with van der Waals surface area (Å²) < 4.78 is 5.28. The van der Waals surface area contributed by atoms with Crippen LogP contribution in [0.25, 0.3) is 11.1 Å². The van der Waals surface area contributed by atoms with E-state index in [2.05, 4.69) is 22.5 Å². The van der Waals surface area contributed by atoms with Gasteiger partial charge in [-0.05, 0) is 43.9 Å². The third kappa shape index (κ3) is 2.20. The van der Waals surface area contributed by atoms with E-state index in [4.69, 9.17) is 4.42 Å². The summed E-state index contributed by atoms with van der Waals surface area (Å²) in [6.07, 6.45) is 6.13. The zero-order valence-electron chi connectivity index (χ0n) is 12.8. The van der Waals surface area contributed by atoms with E-state index < -0.39 is 0 Å². The molecule has 4 rings (SSSR count). The van der Waals surface area contributed by atoms with Crippen LogP contribution < -0.4 is 10.6 Å². The van der Waals surface area contributed by atoms with Crippen molar-refractivity contribution >= 4 is 17.0 Å². The normalized spacial score (nSPS) is 26.2. The Labute approximate surface area is 129 Å². The van der Waals surface area contributed by atoms with Crippen LogP contribution in [-0.2, 0) is 0 Å². The van der Waals surface area contributed by atoms with Gasteiger partial charge in [0, 0.05) is 11.6 Å². The standard InChI is InChI=1S/C17H21N3O2/c1-2-11-5-9-18-17(7-8-17)15(11)20-16(21)13-3-4-14-12(19-13)6-10-22-14/h3-4,6,10-11,15,18H,2,5,7-9H2,1H3,(H,20,21). The molecular weight excluding hydrogens is 278 g/mol. The highest BCUT2D eigenvalue weighted by Gasteiger charge is 2.53. The molecule has 22 heavy (non-hydrogen) atoms. The number of hydrogen-bond donors (Lipinski definition) is 2. The third-order valence-electron chi connectivity index (χ3n) is 5.20. The average Bonchev–Trinajstić information content (AvgIpc) is 3.14. The number of aromatic nitrogens is 1. The van der Waals surface area contributed by atoms with Crippen LogP contribution in [0.1, 0.15) is 43.1 Å². The fourth-order valence-electron chi connectivity index (χ4n) is 3.75. The van der Waals surface area contributed by atoms with Gasteiger partial charge in [0.05, 0.1) is 12.3 Å². The molecule has 5 nitrogen and oxygen atoms in total. The highest BCUT2D eigenvalue weighted by molar-refractivity contribution is 5.94. The number of nitrogens with one attached hydrogen (secondary N) is 2. The minimum atomic E-state index is -0.0819. The van der Waals surface area contributed by atoms with Crippen LogP contribution in [0, 0.1) is 5.92 Å². The number of rotatable bonds is 3. The second-order valence-electron chi connectivity index (χ2n) is 6.49. The molecular formula is C17H21N3O2. The van der Waals surface area contributed by atoms with Crippen molar-refractivity contribution in [2.75, 3.05) is 6.54 Å². The monoisotopic (exact) mass is 299 g/mol. The summed E-state index contributed by atoms with van der Waals surface area (Å²) in [6.45, 7) is 3.27. The highest BCUT2D eigenvalue weighted by Crippen LogP contribution is 2.45. The maximum atomic E-state index is 12.6. The Bertz CT molecular complexity index is 705. The van der Waals surface area contributed by atoms with E-state index in [1.807, 2.05) is 0 Å². The van der Waals surface area contributed by atoms with Crippen molar-refractivity contribution in [3.63, 3.8) is 0 Å². The van der Waals surface area contributed by atoms with Gasteiger partial charge in [0.25, 0.3) is 5.91 Å². The van der Waals surface area contributed by atoms with Gasteiger partial charge in [-0.15, -0.1) is 0 Å². The quantitative estimate of drug-likeness (QED) is 0.913.